The molecule has 0 amide bonds. The first kappa shape index (κ1) is 9.74. The fourth-order valence-corrected chi connectivity index (χ4v) is 2.50. The van der Waals surface area contributed by atoms with Gasteiger partial charge in [-0.3, -0.25) is 0 Å². The van der Waals surface area contributed by atoms with Gasteiger partial charge in [0.25, 0.3) is 5.71 Å². The molecule has 0 aromatic carbocycles. The van der Waals surface area contributed by atoms with E-state index in [-0.39, 0.29) is 0 Å². The third-order valence-corrected chi connectivity index (χ3v) is 3.31. The van der Waals surface area contributed by atoms with Gasteiger partial charge < -0.3 is 4.52 Å². The van der Waals surface area contributed by atoms with Crippen molar-refractivity contribution >= 4 is 34.0 Å². The highest BCUT2D eigenvalue weighted by atomic mass is 35.5. The maximum Gasteiger partial charge on any atom is 0.263 e. The minimum atomic E-state index is 0.382. The molecule has 0 fully saturated rings. The van der Waals surface area contributed by atoms with Crippen LogP contribution < -0.4 is 0 Å². The van der Waals surface area contributed by atoms with Crippen LogP contribution in [-0.2, 0) is 0 Å². The fourth-order valence-electron chi connectivity index (χ4n) is 1.50. The standard InChI is InChI=1S/C10H6ClN3OS/c1-5-12-9(11)7-8(6-3-2-4-16-6)14-15-10(7)13-5/h2-4H,1H3. The highest BCUT2D eigenvalue weighted by molar-refractivity contribution is 7.13. The molecule has 0 unspecified atom stereocenters. The van der Waals surface area contributed by atoms with Gasteiger partial charge in [0.05, 0.1) is 4.88 Å². The zero-order chi connectivity index (χ0) is 11.1. The summed E-state index contributed by atoms with van der Waals surface area (Å²) in [5.41, 5.74) is 1.14. The van der Waals surface area contributed by atoms with Gasteiger partial charge in [0.15, 0.2) is 0 Å². The van der Waals surface area contributed by atoms with Crippen LogP contribution in [0, 0.1) is 6.92 Å². The molecule has 3 aromatic rings. The third-order valence-electron chi connectivity index (χ3n) is 2.16. The number of hydrogen-bond donors (Lipinski definition) is 0. The van der Waals surface area contributed by atoms with Crippen LogP contribution in [0.5, 0.6) is 0 Å². The van der Waals surface area contributed by atoms with E-state index in [0.29, 0.717) is 27.8 Å². The van der Waals surface area contributed by atoms with Gasteiger partial charge >= 0.3 is 0 Å². The molecule has 0 aliphatic carbocycles. The number of hydrogen-bond acceptors (Lipinski definition) is 5. The lowest BCUT2D eigenvalue weighted by atomic mass is 10.2. The van der Waals surface area contributed by atoms with E-state index in [4.69, 9.17) is 16.1 Å². The second-order valence-electron chi connectivity index (χ2n) is 3.25. The molecule has 16 heavy (non-hydrogen) atoms. The lowest BCUT2D eigenvalue weighted by Crippen LogP contribution is -1.88. The van der Waals surface area contributed by atoms with Gasteiger partial charge in [-0.15, -0.1) is 11.3 Å². The van der Waals surface area contributed by atoms with Crippen molar-refractivity contribution in [3.63, 3.8) is 0 Å². The predicted octanol–water partition coefficient (Wildman–Crippen LogP) is 3.31. The van der Waals surface area contributed by atoms with Gasteiger partial charge in [-0.2, -0.15) is 4.98 Å². The Bertz CT molecular complexity index is 647. The Kier molecular flexibility index (Phi) is 2.15. The Morgan fingerprint density at radius 3 is 3.00 bits per heavy atom. The molecule has 0 saturated carbocycles. The highest BCUT2D eigenvalue weighted by Crippen LogP contribution is 2.33. The van der Waals surface area contributed by atoms with E-state index < -0.39 is 0 Å². The first-order valence-corrected chi connectivity index (χ1v) is 5.85. The van der Waals surface area contributed by atoms with Crippen LogP contribution in [0.25, 0.3) is 21.7 Å². The minimum absolute atomic E-state index is 0.382. The maximum absolute atomic E-state index is 6.08. The Balaban J connectivity index is 2.36. The molecule has 0 aliphatic rings. The highest BCUT2D eigenvalue weighted by Gasteiger charge is 2.16. The fraction of sp³-hybridized carbons (Fsp3) is 0.100. The average Bonchev–Trinajstić information content (AvgIpc) is 2.82. The monoisotopic (exact) mass is 251 g/mol. The molecule has 0 saturated heterocycles. The molecular weight excluding hydrogens is 246 g/mol. The van der Waals surface area contributed by atoms with Crippen LogP contribution in [0.1, 0.15) is 5.82 Å². The molecule has 3 heterocycles. The molecule has 0 atom stereocenters. The van der Waals surface area contributed by atoms with Crippen molar-refractivity contribution in [1.82, 2.24) is 15.1 Å². The maximum atomic E-state index is 6.08. The lowest BCUT2D eigenvalue weighted by Gasteiger charge is -1.95. The van der Waals surface area contributed by atoms with Crippen molar-refractivity contribution in [2.24, 2.45) is 0 Å². The molecule has 3 rings (SSSR count). The third kappa shape index (κ3) is 1.40. The summed E-state index contributed by atoms with van der Waals surface area (Å²) >= 11 is 7.65. The molecule has 3 aromatic heterocycles. The van der Waals surface area contributed by atoms with Gasteiger partial charge in [-0.1, -0.05) is 22.8 Å². The van der Waals surface area contributed by atoms with Crippen molar-refractivity contribution < 1.29 is 4.52 Å². The van der Waals surface area contributed by atoms with Crippen LogP contribution in [-0.4, -0.2) is 15.1 Å². The van der Waals surface area contributed by atoms with E-state index in [9.17, 15) is 0 Å². The summed E-state index contributed by atoms with van der Waals surface area (Å²) < 4.78 is 5.16. The predicted molar refractivity (Wildman–Crippen MR) is 62.7 cm³/mol. The second-order valence-corrected chi connectivity index (χ2v) is 4.56. The van der Waals surface area contributed by atoms with E-state index in [1.165, 1.54) is 0 Å². The number of aromatic nitrogens is 3. The number of fused-ring (bicyclic) bond motifs is 1. The number of halogens is 1. The quantitative estimate of drug-likeness (QED) is 0.623. The SMILES string of the molecule is Cc1nc(Cl)c2c(-c3cccs3)noc2n1. The molecule has 6 heteroatoms. The summed E-state index contributed by atoms with van der Waals surface area (Å²) in [6.45, 7) is 1.76. The number of thiophene rings is 1. The number of rotatable bonds is 1. The molecular formula is C10H6ClN3OS. The van der Waals surface area contributed by atoms with Gasteiger partial charge in [0.1, 0.15) is 22.1 Å². The van der Waals surface area contributed by atoms with Crippen LogP contribution in [0.4, 0.5) is 0 Å². The van der Waals surface area contributed by atoms with E-state index in [2.05, 4.69) is 15.1 Å². The minimum Gasteiger partial charge on any atom is -0.335 e. The summed E-state index contributed by atoms with van der Waals surface area (Å²) in [6, 6.07) is 3.90. The zero-order valence-electron chi connectivity index (χ0n) is 8.27. The van der Waals surface area contributed by atoms with Gasteiger partial charge in [-0.05, 0) is 18.4 Å². The molecule has 4 nitrogen and oxygen atoms in total. The average molecular weight is 252 g/mol. The second kappa shape index (κ2) is 3.54. The molecule has 80 valence electrons. The van der Waals surface area contributed by atoms with Gasteiger partial charge in [-0.25, -0.2) is 4.98 Å². The Hall–Kier alpha value is -1.46. The smallest absolute Gasteiger partial charge is 0.263 e. The van der Waals surface area contributed by atoms with Crippen molar-refractivity contribution in [2.45, 2.75) is 6.92 Å². The summed E-state index contributed by atoms with van der Waals surface area (Å²) in [5.74, 6) is 0.575. The van der Waals surface area contributed by atoms with E-state index in [1.54, 1.807) is 18.3 Å². The van der Waals surface area contributed by atoms with Crippen LogP contribution in [0.2, 0.25) is 5.15 Å². The zero-order valence-corrected chi connectivity index (χ0v) is 9.84. The normalized spacial score (nSPS) is 11.1. The number of nitrogens with zero attached hydrogens (tertiary/aromatic N) is 3. The van der Waals surface area contributed by atoms with Crippen LogP contribution in [0.15, 0.2) is 22.0 Å². The summed E-state index contributed by atoms with van der Waals surface area (Å²) in [7, 11) is 0. The first-order valence-electron chi connectivity index (χ1n) is 4.59. The molecule has 0 spiro atoms. The number of aryl methyl sites for hydroxylation is 1. The molecule has 0 aliphatic heterocycles. The Morgan fingerprint density at radius 1 is 1.38 bits per heavy atom. The molecule has 0 bridgehead atoms. The topological polar surface area (TPSA) is 51.8 Å². The largest absolute Gasteiger partial charge is 0.335 e. The molecule has 0 N–H and O–H groups in total. The van der Waals surface area contributed by atoms with Gasteiger partial charge in [0, 0.05) is 0 Å². The van der Waals surface area contributed by atoms with E-state index >= 15 is 0 Å². The lowest BCUT2D eigenvalue weighted by molar-refractivity contribution is 0.451. The van der Waals surface area contributed by atoms with Crippen LogP contribution >= 0.6 is 22.9 Å². The van der Waals surface area contributed by atoms with Crippen molar-refractivity contribution in [3.05, 3.63) is 28.5 Å². The van der Waals surface area contributed by atoms with E-state index in [0.717, 1.165) is 4.88 Å². The Morgan fingerprint density at radius 2 is 2.25 bits per heavy atom. The summed E-state index contributed by atoms with van der Waals surface area (Å²) in [5, 5.41) is 7.02. The van der Waals surface area contributed by atoms with Crippen molar-refractivity contribution in [3.8, 4) is 10.6 Å². The van der Waals surface area contributed by atoms with Crippen LogP contribution in [0.3, 0.4) is 0 Å². The van der Waals surface area contributed by atoms with Crippen molar-refractivity contribution in [1.29, 1.82) is 0 Å². The van der Waals surface area contributed by atoms with Crippen molar-refractivity contribution in [2.75, 3.05) is 0 Å². The van der Waals surface area contributed by atoms with E-state index in [1.807, 2.05) is 17.5 Å². The Labute approximate surface area is 99.9 Å². The summed E-state index contributed by atoms with van der Waals surface area (Å²) in [6.07, 6.45) is 0. The summed E-state index contributed by atoms with van der Waals surface area (Å²) in [4.78, 5) is 9.24. The first-order chi connectivity index (χ1) is 7.75. The molecule has 0 radical (unpaired) electrons. The van der Waals surface area contributed by atoms with Gasteiger partial charge in [0.2, 0.25) is 0 Å².